The van der Waals surface area contributed by atoms with Crippen molar-refractivity contribution in [2.75, 3.05) is 19.6 Å². The molecule has 1 rings (SSSR count). The van der Waals surface area contributed by atoms with Crippen LogP contribution in [0.3, 0.4) is 0 Å². The molecule has 0 spiro atoms. The zero-order valence-electron chi connectivity index (χ0n) is 12.6. The molecule has 0 aliphatic heterocycles. The quantitative estimate of drug-likeness (QED) is 0.526. The molecular weight excluding hydrogens is 271 g/mol. The number of hydrogen-bond donors (Lipinski definition) is 3. The van der Waals surface area contributed by atoms with Gasteiger partial charge in [-0.15, -0.1) is 0 Å². The lowest BCUT2D eigenvalue weighted by atomic mass is 10.2. The summed E-state index contributed by atoms with van der Waals surface area (Å²) < 4.78 is 13.1. The third kappa shape index (κ3) is 7.29. The van der Waals surface area contributed by atoms with Gasteiger partial charge in [0.15, 0.2) is 5.96 Å². The van der Waals surface area contributed by atoms with E-state index in [2.05, 4.69) is 20.9 Å². The van der Waals surface area contributed by atoms with Crippen LogP contribution in [0.5, 0.6) is 0 Å². The van der Waals surface area contributed by atoms with Crippen LogP contribution in [0.1, 0.15) is 25.8 Å². The standard InChI is InChI=1S/C15H23FN4O/c1-3-8-18-14(21)11-20-15(17-4-2)19-10-12-6-5-7-13(16)9-12/h5-7,9H,3-4,8,10-11H2,1-2H3,(H,18,21)(H2,17,19,20). The molecule has 1 aromatic carbocycles. The van der Waals surface area contributed by atoms with Crippen LogP contribution in [0.15, 0.2) is 29.3 Å². The lowest BCUT2D eigenvalue weighted by Crippen LogP contribution is -2.43. The summed E-state index contributed by atoms with van der Waals surface area (Å²) in [6.45, 7) is 5.80. The Balaban J connectivity index is 2.51. The molecule has 1 aromatic rings. The van der Waals surface area contributed by atoms with Crippen molar-refractivity contribution in [3.05, 3.63) is 35.6 Å². The average Bonchev–Trinajstić information content (AvgIpc) is 2.48. The minimum absolute atomic E-state index is 0.0757. The molecule has 3 N–H and O–H groups in total. The van der Waals surface area contributed by atoms with E-state index in [0.717, 1.165) is 12.0 Å². The highest BCUT2D eigenvalue weighted by Gasteiger charge is 2.02. The van der Waals surface area contributed by atoms with Gasteiger partial charge in [0, 0.05) is 13.1 Å². The Labute approximate surface area is 125 Å². The van der Waals surface area contributed by atoms with E-state index in [9.17, 15) is 9.18 Å². The number of hydrogen-bond acceptors (Lipinski definition) is 2. The van der Waals surface area contributed by atoms with Crippen molar-refractivity contribution in [3.8, 4) is 0 Å². The van der Waals surface area contributed by atoms with Crippen molar-refractivity contribution in [3.63, 3.8) is 0 Å². The zero-order valence-corrected chi connectivity index (χ0v) is 12.6. The molecule has 0 atom stereocenters. The highest BCUT2D eigenvalue weighted by molar-refractivity contribution is 5.86. The number of amides is 1. The summed E-state index contributed by atoms with van der Waals surface area (Å²) in [6, 6.07) is 6.30. The van der Waals surface area contributed by atoms with Crippen LogP contribution in [0.4, 0.5) is 4.39 Å². The van der Waals surface area contributed by atoms with Crippen molar-refractivity contribution < 1.29 is 9.18 Å². The van der Waals surface area contributed by atoms with Gasteiger partial charge < -0.3 is 16.0 Å². The number of rotatable bonds is 7. The Morgan fingerprint density at radius 3 is 2.71 bits per heavy atom. The van der Waals surface area contributed by atoms with Gasteiger partial charge in [0.2, 0.25) is 5.91 Å². The first-order valence-corrected chi connectivity index (χ1v) is 7.19. The molecule has 0 bridgehead atoms. The normalized spacial score (nSPS) is 11.1. The second-order valence-electron chi connectivity index (χ2n) is 4.53. The molecule has 6 heteroatoms. The van der Waals surface area contributed by atoms with Gasteiger partial charge in [0.05, 0.1) is 13.1 Å². The summed E-state index contributed by atoms with van der Waals surface area (Å²) in [4.78, 5) is 15.8. The molecule has 0 saturated heterocycles. The number of halogens is 1. The topological polar surface area (TPSA) is 65.5 Å². The largest absolute Gasteiger partial charge is 0.357 e. The van der Waals surface area contributed by atoms with Crippen molar-refractivity contribution >= 4 is 11.9 Å². The monoisotopic (exact) mass is 294 g/mol. The number of guanidine groups is 1. The van der Waals surface area contributed by atoms with E-state index in [4.69, 9.17) is 0 Å². The molecule has 0 heterocycles. The van der Waals surface area contributed by atoms with E-state index in [1.807, 2.05) is 19.9 Å². The number of carbonyl (C=O) groups is 1. The number of benzene rings is 1. The summed E-state index contributed by atoms with van der Waals surface area (Å²) in [5.74, 6) is 0.182. The van der Waals surface area contributed by atoms with Crippen LogP contribution in [-0.2, 0) is 11.3 Å². The van der Waals surface area contributed by atoms with Crippen LogP contribution in [-0.4, -0.2) is 31.5 Å². The van der Waals surface area contributed by atoms with Gasteiger partial charge >= 0.3 is 0 Å². The average molecular weight is 294 g/mol. The molecule has 0 aliphatic rings. The molecule has 0 aliphatic carbocycles. The van der Waals surface area contributed by atoms with Crippen molar-refractivity contribution in [1.29, 1.82) is 0 Å². The van der Waals surface area contributed by atoms with Crippen LogP contribution in [0.25, 0.3) is 0 Å². The summed E-state index contributed by atoms with van der Waals surface area (Å²) in [6.07, 6.45) is 0.902. The van der Waals surface area contributed by atoms with Crippen molar-refractivity contribution in [1.82, 2.24) is 16.0 Å². The molecule has 0 unspecified atom stereocenters. The maximum Gasteiger partial charge on any atom is 0.239 e. The Morgan fingerprint density at radius 2 is 2.05 bits per heavy atom. The molecule has 116 valence electrons. The zero-order chi connectivity index (χ0) is 15.5. The molecule has 0 aromatic heterocycles. The van der Waals surface area contributed by atoms with Crippen LogP contribution < -0.4 is 16.0 Å². The first-order valence-electron chi connectivity index (χ1n) is 7.19. The van der Waals surface area contributed by atoms with Gasteiger partial charge in [-0.1, -0.05) is 19.1 Å². The third-order valence-corrected chi connectivity index (χ3v) is 2.64. The molecule has 1 amide bonds. The third-order valence-electron chi connectivity index (χ3n) is 2.64. The Morgan fingerprint density at radius 1 is 1.24 bits per heavy atom. The SMILES string of the molecule is CCCNC(=O)CNC(=NCc1cccc(F)c1)NCC. The molecule has 0 fully saturated rings. The minimum Gasteiger partial charge on any atom is -0.357 e. The number of nitrogens with one attached hydrogen (secondary N) is 3. The van der Waals surface area contributed by atoms with Gasteiger partial charge in [-0.05, 0) is 31.0 Å². The Kier molecular flexibility index (Phi) is 7.86. The molecule has 21 heavy (non-hydrogen) atoms. The summed E-state index contributed by atoms with van der Waals surface area (Å²) in [5.41, 5.74) is 0.780. The van der Waals surface area contributed by atoms with Gasteiger partial charge in [0.25, 0.3) is 0 Å². The fourth-order valence-electron chi connectivity index (χ4n) is 1.64. The van der Waals surface area contributed by atoms with E-state index in [1.165, 1.54) is 12.1 Å². The van der Waals surface area contributed by atoms with E-state index in [0.29, 0.717) is 25.6 Å². The lowest BCUT2D eigenvalue weighted by molar-refractivity contribution is -0.120. The van der Waals surface area contributed by atoms with Gasteiger partial charge in [-0.25, -0.2) is 9.38 Å². The van der Waals surface area contributed by atoms with Gasteiger partial charge in [-0.2, -0.15) is 0 Å². The van der Waals surface area contributed by atoms with Gasteiger partial charge in [0.1, 0.15) is 5.82 Å². The lowest BCUT2D eigenvalue weighted by Gasteiger charge is -2.11. The minimum atomic E-state index is -0.278. The number of nitrogens with zero attached hydrogens (tertiary/aromatic N) is 1. The fraction of sp³-hybridized carbons (Fsp3) is 0.467. The second kappa shape index (κ2) is 9.74. The number of carbonyl (C=O) groups excluding carboxylic acids is 1. The molecule has 0 saturated carbocycles. The van der Waals surface area contributed by atoms with E-state index >= 15 is 0 Å². The van der Waals surface area contributed by atoms with E-state index < -0.39 is 0 Å². The van der Waals surface area contributed by atoms with E-state index in [1.54, 1.807) is 6.07 Å². The van der Waals surface area contributed by atoms with Crippen molar-refractivity contribution in [2.45, 2.75) is 26.8 Å². The molecular formula is C15H23FN4O. The smallest absolute Gasteiger partial charge is 0.239 e. The maximum absolute atomic E-state index is 13.1. The molecule has 0 radical (unpaired) electrons. The first-order chi connectivity index (χ1) is 10.2. The number of aliphatic imine (C=N–C) groups is 1. The first kappa shape index (κ1) is 16.9. The highest BCUT2D eigenvalue weighted by atomic mass is 19.1. The fourth-order valence-corrected chi connectivity index (χ4v) is 1.64. The van der Waals surface area contributed by atoms with Crippen LogP contribution in [0, 0.1) is 5.82 Å². The Hall–Kier alpha value is -2.11. The summed E-state index contributed by atoms with van der Waals surface area (Å²) in [7, 11) is 0. The Bertz CT molecular complexity index is 476. The highest BCUT2D eigenvalue weighted by Crippen LogP contribution is 2.04. The van der Waals surface area contributed by atoms with Crippen LogP contribution in [0.2, 0.25) is 0 Å². The van der Waals surface area contributed by atoms with Crippen LogP contribution >= 0.6 is 0 Å². The van der Waals surface area contributed by atoms with Crippen molar-refractivity contribution in [2.24, 2.45) is 4.99 Å². The second-order valence-corrected chi connectivity index (χ2v) is 4.53. The van der Waals surface area contributed by atoms with E-state index in [-0.39, 0.29) is 18.3 Å². The van der Waals surface area contributed by atoms with Gasteiger partial charge in [-0.3, -0.25) is 4.79 Å². The summed E-state index contributed by atoms with van der Waals surface area (Å²) >= 11 is 0. The maximum atomic E-state index is 13.1. The predicted molar refractivity (Wildman–Crippen MR) is 82.5 cm³/mol. The molecule has 5 nitrogen and oxygen atoms in total. The predicted octanol–water partition coefficient (Wildman–Crippen LogP) is 1.41. The summed E-state index contributed by atoms with van der Waals surface area (Å²) in [5, 5.41) is 8.77.